The van der Waals surface area contributed by atoms with Crippen molar-refractivity contribution in [3.8, 4) is 0 Å². The van der Waals surface area contributed by atoms with Crippen LogP contribution >= 0.6 is 0 Å². The van der Waals surface area contributed by atoms with E-state index in [0.717, 1.165) is 13.0 Å². The van der Waals surface area contributed by atoms with E-state index in [-0.39, 0.29) is 24.1 Å². The zero-order chi connectivity index (χ0) is 25.7. The average Bonchev–Trinajstić information content (AvgIpc) is 2.73. The first-order chi connectivity index (χ1) is 15.7. The molecule has 2 atom stereocenters. The molecule has 2 rings (SSSR count). The molecular weight excluding hydrogens is 450 g/mol. The third-order valence-corrected chi connectivity index (χ3v) is 5.16. The number of amides is 1. The summed E-state index contributed by atoms with van der Waals surface area (Å²) in [5, 5.41) is 2.31. The maximum atomic E-state index is 14.4. The molecule has 1 amide bonds. The van der Waals surface area contributed by atoms with Gasteiger partial charge in [-0.05, 0) is 56.0 Å². The third-order valence-electron chi connectivity index (χ3n) is 5.16. The normalized spacial score (nSPS) is 13.6. The molecule has 34 heavy (non-hydrogen) atoms. The molecule has 8 heteroatoms. The summed E-state index contributed by atoms with van der Waals surface area (Å²) >= 11 is 0. The Balaban J connectivity index is 2.26. The standard InChI is InChI=1S/C26H29F4NO3/c1-6-17-7-11-19(12-8-17)23(16(2)26(28,29)30)24(33)31-21-15-18(9-13-20(21)27)10-14-22(32)34-25(3,4)5/h6-9,11-13,15-16,23H,1,10,14H2,2-5H3,(H,31,33)/t16-,23+/m1/s1. The Morgan fingerprint density at radius 2 is 1.71 bits per heavy atom. The molecule has 0 aliphatic carbocycles. The van der Waals surface area contributed by atoms with Crippen LogP contribution in [0.15, 0.2) is 49.0 Å². The van der Waals surface area contributed by atoms with Crippen molar-refractivity contribution in [1.29, 1.82) is 0 Å². The Labute approximate surface area is 197 Å². The van der Waals surface area contributed by atoms with E-state index in [4.69, 9.17) is 4.74 Å². The number of ether oxygens (including phenoxy) is 1. The van der Waals surface area contributed by atoms with Crippen molar-refractivity contribution in [2.45, 2.75) is 58.2 Å². The first-order valence-corrected chi connectivity index (χ1v) is 10.8. The van der Waals surface area contributed by atoms with Gasteiger partial charge in [-0.25, -0.2) is 4.39 Å². The number of aryl methyl sites for hydroxylation is 1. The predicted molar refractivity (Wildman–Crippen MR) is 124 cm³/mol. The Kier molecular flexibility index (Phi) is 8.64. The summed E-state index contributed by atoms with van der Waals surface area (Å²) in [5.74, 6) is -5.83. The van der Waals surface area contributed by atoms with E-state index in [1.165, 1.54) is 30.3 Å². The molecule has 0 fully saturated rings. The first-order valence-electron chi connectivity index (χ1n) is 10.8. The molecule has 0 saturated heterocycles. The van der Waals surface area contributed by atoms with Crippen LogP contribution in [-0.2, 0) is 20.7 Å². The van der Waals surface area contributed by atoms with Gasteiger partial charge in [0.05, 0.1) is 17.5 Å². The van der Waals surface area contributed by atoms with Crippen LogP contribution in [0.3, 0.4) is 0 Å². The van der Waals surface area contributed by atoms with E-state index < -0.39 is 41.3 Å². The monoisotopic (exact) mass is 479 g/mol. The van der Waals surface area contributed by atoms with Gasteiger partial charge in [-0.15, -0.1) is 0 Å². The number of hydrogen-bond acceptors (Lipinski definition) is 3. The van der Waals surface area contributed by atoms with E-state index in [0.29, 0.717) is 11.1 Å². The first kappa shape index (κ1) is 27.1. The summed E-state index contributed by atoms with van der Waals surface area (Å²) in [6, 6.07) is 9.83. The number of halogens is 4. The van der Waals surface area contributed by atoms with Crippen molar-refractivity contribution >= 4 is 23.6 Å². The van der Waals surface area contributed by atoms with E-state index in [1.807, 2.05) is 0 Å². The van der Waals surface area contributed by atoms with Gasteiger partial charge in [0.1, 0.15) is 11.4 Å². The smallest absolute Gasteiger partial charge is 0.392 e. The second kappa shape index (κ2) is 10.8. The van der Waals surface area contributed by atoms with Crippen molar-refractivity contribution in [1.82, 2.24) is 0 Å². The summed E-state index contributed by atoms with van der Waals surface area (Å²) in [4.78, 5) is 24.9. The van der Waals surface area contributed by atoms with Crippen molar-refractivity contribution in [3.63, 3.8) is 0 Å². The van der Waals surface area contributed by atoms with Gasteiger partial charge in [0.15, 0.2) is 0 Å². The van der Waals surface area contributed by atoms with Gasteiger partial charge in [-0.3, -0.25) is 9.59 Å². The molecule has 0 heterocycles. The van der Waals surface area contributed by atoms with Crippen LogP contribution in [0.5, 0.6) is 0 Å². The molecule has 0 saturated carbocycles. The van der Waals surface area contributed by atoms with Gasteiger partial charge in [0.2, 0.25) is 5.91 Å². The summed E-state index contributed by atoms with van der Waals surface area (Å²) in [6.45, 7) is 9.73. The van der Waals surface area contributed by atoms with Gasteiger partial charge in [-0.1, -0.05) is 49.9 Å². The van der Waals surface area contributed by atoms with Crippen LogP contribution in [0, 0.1) is 11.7 Å². The average molecular weight is 480 g/mol. The summed E-state index contributed by atoms with van der Waals surface area (Å²) < 4.78 is 60.3. The second-order valence-corrected chi connectivity index (χ2v) is 9.07. The largest absolute Gasteiger partial charge is 0.460 e. The molecule has 0 bridgehead atoms. The highest BCUT2D eigenvalue weighted by Gasteiger charge is 2.45. The Bertz CT molecular complexity index is 1020. The molecule has 2 aromatic carbocycles. The fourth-order valence-electron chi connectivity index (χ4n) is 3.37. The number of alkyl halides is 3. The minimum Gasteiger partial charge on any atom is -0.460 e. The maximum absolute atomic E-state index is 14.4. The zero-order valence-corrected chi connectivity index (χ0v) is 19.6. The van der Waals surface area contributed by atoms with Gasteiger partial charge in [0.25, 0.3) is 0 Å². The van der Waals surface area contributed by atoms with Crippen LogP contribution in [0.2, 0.25) is 0 Å². The highest BCUT2D eigenvalue weighted by Crippen LogP contribution is 2.38. The number of rotatable bonds is 8. The Morgan fingerprint density at radius 3 is 2.24 bits per heavy atom. The van der Waals surface area contributed by atoms with Crippen molar-refractivity contribution < 1.29 is 31.9 Å². The minimum absolute atomic E-state index is 0.0275. The molecule has 0 aromatic heterocycles. The van der Waals surface area contributed by atoms with E-state index in [9.17, 15) is 27.2 Å². The fraction of sp³-hybridized carbons (Fsp3) is 0.385. The van der Waals surface area contributed by atoms with Crippen molar-refractivity contribution in [3.05, 3.63) is 71.6 Å². The summed E-state index contributed by atoms with van der Waals surface area (Å²) in [7, 11) is 0. The lowest BCUT2D eigenvalue weighted by Gasteiger charge is -2.26. The van der Waals surface area contributed by atoms with Gasteiger partial charge in [-0.2, -0.15) is 13.2 Å². The van der Waals surface area contributed by atoms with Crippen LogP contribution in [0.4, 0.5) is 23.2 Å². The topological polar surface area (TPSA) is 55.4 Å². The third kappa shape index (κ3) is 7.71. The Morgan fingerprint density at radius 1 is 1.09 bits per heavy atom. The number of carbonyl (C=O) groups excluding carboxylic acids is 2. The quantitative estimate of drug-likeness (QED) is 0.340. The molecule has 0 unspecified atom stereocenters. The lowest BCUT2D eigenvalue weighted by atomic mass is 9.85. The molecule has 2 aromatic rings. The van der Waals surface area contributed by atoms with Gasteiger partial charge >= 0.3 is 12.1 Å². The number of anilines is 1. The predicted octanol–water partition coefficient (Wildman–Crippen LogP) is 6.66. The number of esters is 1. The minimum atomic E-state index is -4.65. The Hall–Kier alpha value is -3.16. The van der Waals surface area contributed by atoms with Crippen LogP contribution in [0.25, 0.3) is 6.08 Å². The molecule has 4 nitrogen and oxygen atoms in total. The maximum Gasteiger partial charge on any atom is 0.392 e. The van der Waals surface area contributed by atoms with Crippen LogP contribution < -0.4 is 5.32 Å². The fourth-order valence-corrected chi connectivity index (χ4v) is 3.37. The molecule has 184 valence electrons. The van der Waals surface area contributed by atoms with Gasteiger partial charge in [0, 0.05) is 6.42 Å². The summed E-state index contributed by atoms with van der Waals surface area (Å²) in [6.07, 6.45) is -2.87. The number of nitrogens with one attached hydrogen (secondary N) is 1. The highest BCUT2D eigenvalue weighted by atomic mass is 19.4. The van der Waals surface area contributed by atoms with Crippen molar-refractivity contribution in [2.75, 3.05) is 5.32 Å². The number of carbonyl (C=O) groups is 2. The van der Waals surface area contributed by atoms with Crippen molar-refractivity contribution in [2.24, 2.45) is 5.92 Å². The highest BCUT2D eigenvalue weighted by molar-refractivity contribution is 5.96. The van der Waals surface area contributed by atoms with Crippen LogP contribution in [-0.4, -0.2) is 23.7 Å². The number of hydrogen-bond donors (Lipinski definition) is 1. The van der Waals surface area contributed by atoms with E-state index >= 15 is 0 Å². The SMILES string of the molecule is C=Cc1ccc([C@@H](C(=O)Nc2cc(CCC(=O)OC(C)(C)C)ccc2F)[C@@H](C)C(F)(F)F)cc1. The van der Waals surface area contributed by atoms with E-state index in [1.54, 1.807) is 32.9 Å². The summed E-state index contributed by atoms with van der Waals surface area (Å²) in [5.41, 5.74) is 0.459. The molecule has 0 aliphatic heterocycles. The lowest BCUT2D eigenvalue weighted by molar-refractivity contribution is -0.178. The molecule has 0 radical (unpaired) electrons. The molecular formula is C26H29F4NO3. The second-order valence-electron chi connectivity index (χ2n) is 9.07. The van der Waals surface area contributed by atoms with Crippen LogP contribution in [0.1, 0.15) is 56.7 Å². The molecule has 0 aliphatic rings. The van der Waals surface area contributed by atoms with Gasteiger partial charge < -0.3 is 10.1 Å². The lowest BCUT2D eigenvalue weighted by Crippen LogP contribution is -2.34. The molecule has 0 spiro atoms. The zero-order valence-electron chi connectivity index (χ0n) is 19.6. The van der Waals surface area contributed by atoms with E-state index in [2.05, 4.69) is 11.9 Å². The molecule has 1 N–H and O–H groups in total. The number of benzene rings is 2.